The SMILES string of the molecule is CC[S@](=N)(=O)c1cc(C2(C#N)CC2)ccc1-c1nc2cc(C(F)(F)F)cnc2n1C. The van der Waals surface area contributed by atoms with Crippen molar-refractivity contribution in [2.75, 3.05) is 5.75 Å². The Morgan fingerprint density at radius 3 is 2.60 bits per heavy atom. The third kappa shape index (κ3) is 3.13. The summed E-state index contributed by atoms with van der Waals surface area (Å²) in [6, 6.07) is 8.23. The Labute approximate surface area is 171 Å². The molecular formula is C20H18F3N5OS. The van der Waals surface area contributed by atoms with E-state index in [1.165, 1.54) is 4.57 Å². The van der Waals surface area contributed by atoms with Crippen molar-refractivity contribution in [1.29, 1.82) is 10.0 Å². The summed E-state index contributed by atoms with van der Waals surface area (Å²) in [5.41, 5.74) is -0.126. The summed E-state index contributed by atoms with van der Waals surface area (Å²) in [6.07, 6.45) is -2.39. The highest BCUT2D eigenvalue weighted by atomic mass is 32.2. The number of alkyl halides is 3. The molecule has 1 fully saturated rings. The number of hydrogen-bond acceptors (Lipinski definition) is 5. The molecule has 1 atom stereocenters. The van der Waals surface area contributed by atoms with Crippen LogP contribution in [0, 0.1) is 16.1 Å². The van der Waals surface area contributed by atoms with E-state index in [2.05, 4.69) is 16.0 Å². The summed E-state index contributed by atoms with van der Waals surface area (Å²) >= 11 is 0. The van der Waals surface area contributed by atoms with Crippen LogP contribution in [0.3, 0.4) is 0 Å². The number of rotatable bonds is 4. The van der Waals surface area contributed by atoms with Crippen LogP contribution < -0.4 is 0 Å². The molecule has 0 aliphatic heterocycles. The van der Waals surface area contributed by atoms with Gasteiger partial charge >= 0.3 is 6.18 Å². The van der Waals surface area contributed by atoms with E-state index in [0.717, 1.165) is 12.3 Å². The maximum atomic E-state index is 13.0. The Kier molecular flexibility index (Phi) is 4.43. The third-order valence-electron chi connectivity index (χ3n) is 5.54. The predicted octanol–water partition coefficient (Wildman–Crippen LogP) is 4.63. The molecule has 0 saturated heterocycles. The molecule has 1 aliphatic rings. The second kappa shape index (κ2) is 6.54. The minimum Gasteiger partial charge on any atom is -0.312 e. The fraction of sp³-hybridized carbons (Fsp3) is 0.350. The van der Waals surface area contributed by atoms with Crippen LogP contribution in [0.4, 0.5) is 13.2 Å². The van der Waals surface area contributed by atoms with Gasteiger partial charge in [-0.25, -0.2) is 19.0 Å². The molecule has 2 heterocycles. The zero-order chi connectivity index (χ0) is 21.9. The van der Waals surface area contributed by atoms with Crippen LogP contribution in [-0.4, -0.2) is 24.5 Å². The van der Waals surface area contributed by atoms with Gasteiger partial charge in [0.25, 0.3) is 0 Å². The molecule has 6 nitrogen and oxygen atoms in total. The first-order valence-corrected chi connectivity index (χ1v) is 11.0. The van der Waals surface area contributed by atoms with Crippen molar-refractivity contribution in [3.05, 3.63) is 41.6 Å². The highest BCUT2D eigenvalue weighted by Gasteiger charge is 2.45. The lowest BCUT2D eigenvalue weighted by Gasteiger charge is -2.15. The highest BCUT2D eigenvalue weighted by Crippen LogP contribution is 2.48. The van der Waals surface area contributed by atoms with E-state index >= 15 is 0 Å². The lowest BCUT2D eigenvalue weighted by molar-refractivity contribution is -0.137. The monoisotopic (exact) mass is 433 g/mol. The minimum atomic E-state index is -4.54. The van der Waals surface area contributed by atoms with Gasteiger partial charge < -0.3 is 4.57 Å². The quantitative estimate of drug-likeness (QED) is 0.649. The van der Waals surface area contributed by atoms with Gasteiger partial charge in [-0.15, -0.1) is 0 Å². The number of fused-ring (bicyclic) bond motifs is 1. The Morgan fingerprint density at radius 2 is 2.03 bits per heavy atom. The topological polar surface area (TPSA) is 95.4 Å². The van der Waals surface area contributed by atoms with Crippen molar-refractivity contribution in [2.45, 2.75) is 36.3 Å². The van der Waals surface area contributed by atoms with Crippen LogP contribution in [0.2, 0.25) is 0 Å². The summed E-state index contributed by atoms with van der Waals surface area (Å²) in [7, 11) is -1.58. The molecule has 1 saturated carbocycles. The Bertz CT molecular complexity index is 1310. The summed E-state index contributed by atoms with van der Waals surface area (Å²) in [4.78, 5) is 8.46. The first-order valence-electron chi connectivity index (χ1n) is 9.25. The smallest absolute Gasteiger partial charge is 0.312 e. The molecule has 4 rings (SSSR count). The minimum absolute atomic E-state index is 0.0565. The maximum absolute atomic E-state index is 13.0. The fourth-order valence-electron chi connectivity index (χ4n) is 3.50. The first kappa shape index (κ1) is 20.3. The summed E-state index contributed by atoms with van der Waals surface area (Å²) < 4.78 is 62.0. The van der Waals surface area contributed by atoms with Gasteiger partial charge in [0.2, 0.25) is 0 Å². The summed E-state index contributed by atoms with van der Waals surface area (Å²) in [5.74, 6) is 0.331. The van der Waals surface area contributed by atoms with E-state index in [4.69, 9.17) is 4.78 Å². The van der Waals surface area contributed by atoms with Gasteiger partial charge in [0, 0.05) is 24.6 Å². The number of aryl methyl sites for hydroxylation is 1. The molecule has 1 aliphatic carbocycles. The molecule has 10 heteroatoms. The average Bonchev–Trinajstić information content (AvgIpc) is 3.45. The molecule has 30 heavy (non-hydrogen) atoms. The van der Waals surface area contributed by atoms with Crippen molar-refractivity contribution >= 4 is 20.9 Å². The summed E-state index contributed by atoms with van der Waals surface area (Å²) in [5, 5.41) is 9.49. The standard InChI is InChI=1S/C20H18F3N5OS/c1-3-30(25,29)16-9-12(19(11-24)6-7-19)4-5-14(16)17-27-15-8-13(20(21,22)23)10-26-18(15)28(17)2/h4-5,8-10,25H,3,6-7H2,1-2H3/t30-/m0/s1. The van der Waals surface area contributed by atoms with Gasteiger partial charge in [-0.3, -0.25) is 0 Å². The van der Waals surface area contributed by atoms with E-state index in [0.29, 0.717) is 24.0 Å². The maximum Gasteiger partial charge on any atom is 0.417 e. The number of nitriles is 1. The van der Waals surface area contributed by atoms with Crippen LogP contribution in [-0.2, 0) is 28.4 Å². The number of nitrogens with one attached hydrogen (secondary N) is 1. The number of hydrogen-bond donors (Lipinski definition) is 1. The highest BCUT2D eigenvalue weighted by molar-refractivity contribution is 7.92. The Hall–Kier alpha value is -2.93. The molecular weight excluding hydrogens is 415 g/mol. The molecule has 1 aromatic carbocycles. The predicted molar refractivity (Wildman–Crippen MR) is 105 cm³/mol. The van der Waals surface area contributed by atoms with E-state index in [1.54, 1.807) is 32.2 Å². The molecule has 156 valence electrons. The number of nitrogens with zero attached hydrogens (tertiary/aromatic N) is 4. The summed E-state index contributed by atoms with van der Waals surface area (Å²) in [6.45, 7) is 1.63. The zero-order valence-electron chi connectivity index (χ0n) is 16.2. The number of benzene rings is 1. The lowest BCUT2D eigenvalue weighted by Crippen LogP contribution is -2.10. The van der Waals surface area contributed by atoms with Crippen LogP contribution in [0.15, 0.2) is 35.4 Å². The van der Waals surface area contributed by atoms with Gasteiger partial charge in [-0.1, -0.05) is 13.0 Å². The molecule has 0 radical (unpaired) electrons. The van der Waals surface area contributed by atoms with Crippen LogP contribution in [0.1, 0.15) is 30.9 Å². The molecule has 1 N–H and O–H groups in total. The van der Waals surface area contributed by atoms with Crippen molar-refractivity contribution in [2.24, 2.45) is 7.05 Å². The number of halogens is 3. The van der Waals surface area contributed by atoms with E-state index < -0.39 is 26.9 Å². The fourth-order valence-corrected chi connectivity index (χ4v) is 4.64. The number of pyridine rings is 1. The largest absolute Gasteiger partial charge is 0.417 e. The lowest BCUT2D eigenvalue weighted by atomic mass is 9.96. The average molecular weight is 433 g/mol. The second-order valence-corrected chi connectivity index (χ2v) is 9.80. The van der Waals surface area contributed by atoms with Gasteiger partial charge in [0.15, 0.2) is 5.65 Å². The molecule has 3 aromatic rings. The van der Waals surface area contributed by atoms with Gasteiger partial charge in [0.1, 0.15) is 11.3 Å². The van der Waals surface area contributed by atoms with E-state index in [1.807, 2.05) is 0 Å². The first-order chi connectivity index (χ1) is 14.0. The number of aromatic nitrogens is 3. The van der Waals surface area contributed by atoms with Crippen LogP contribution >= 0.6 is 0 Å². The molecule has 2 aromatic heterocycles. The van der Waals surface area contributed by atoms with Gasteiger partial charge in [-0.2, -0.15) is 18.4 Å². The van der Waals surface area contributed by atoms with Crippen molar-refractivity contribution in [3.63, 3.8) is 0 Å². The molecule has 0 bridgehead atoms. The van der Waals surface area contributed by atoms with Crippen molar-refractivity contribution in [1.82, 2.24) is 14.5 Å². The third-order valence-corrected chi connectivity index (χ3v) is 7.40. The van der Waals surface area contributed by atoms with Crippen molar-refractivity contribution in [3.8, 4) is 17.5 Å². The van der Waals surface area contributed by atoms with E-state index in [-0.39, 0.29) is 27.6 Å². The molecule has 0 amide bonds. The normalized spacial score (nSPS) is 17.5. The van der Waals surface area contributed by atoms with Crippen LogP contribution in [0.25, 0.3) is 22.6 Å². The van der Waals surface area contributed by atoms with Crippen LogP contribution in [0.5, 0.6) is 0 Å². The van der Waals surface area contributed by atoms with Gasteiger partial charge in [-0.05, 0) is 36.6 Å². The zero-order valence-corrected chi connectivity index (χ0v) is 17.1. The Balaban J connectivity index is 1.95. The molecule has 0 unspecified atom stereocenters. The molecule has 0 spiro atoms. The second-order valence-electron chi connectivity index (χ2n) is 7.43. The van der Waals surface area contributed by atoms with Gasteiger partial charge in [0.05, 0.1) is 31.7 Å². The number of imidazole rings is 1. The Morgan fingerprint density at radius 1 is 1.33 bits per heavy atom. The van der Waals surface area contributed by atoms with Crippen molar-refractivity contribution < 1.29 is 17.4 Å². The van der Waals surface area contributed by atoms with E-state index in [9.17, 15) is 22.6 Å².